The lowest BCUT2D eigenvalue weighted by molar-refractivity contribution is -0.119. The van der Waals surface area contributed by atoms with Gasteiger partial charge in [0.05, 0.1) is 10.1 Å². The zero-order valence-corrected chi connectivity index (χ0v) is 18.2. The lowest BCUT2D eigenvalue weighted by Crippen LogP contribution is -2.50. The normalized spacial score (nSPS) is 17.6. The van der Waals surface area contributed by atoms with Gasteiger partial charge in [-0.15, -0.1) is 11.8 Å². The van der Waals surface area contributed by atoms with Crippen molar-refractivity contribution in [2.24, 2.45) is 0 Å². The molecule has 7 heteroatoms. The van der Waals surface area contributed by atoms with Crippen molar-refractivity contribution in [2.75, 3.05) is 30.8 Å². The van der Waals surface area contributed by atoms with E-state index in [1.54, 1.807) is 6.08 Å². The predicted octanol–water partition coefficient (Wildman–Crippen LogP) is 4.21. The van der Waals surface area contributed by atoms with Gasteiger partial charge in [-0.3, -0.25) is 9.59 Å². The first-order chi connectivity index (χ1) is 13.4. The highest BCUT2D eigenvalue weighted by Crippen LogP contribution is 2.20. The average molecular weight is 422 g/mol. The fraction of sp³-hybridized carbons (Fsp3) is 0.429. The molecule has 1 fully saturated rings. The summed E-state index contributed by atoms with van der Waals surface area (Å²) in [5.41, 5.74) is 1.69. The van der Waals surface area contributed by atoms with Gasteiger partial charge in [0.15, 0.2) is 0 Å². The number of carbonyl (C=O) groups excluding carboxylic acids is 2. The van der Waals surface area contributed by atoms with E-state index in [9.17, 15) is 9.59 Å². The number of hydrogen-bond acceptors (Lipinski definition) is 4. The van der Waals surface area contributed by atoms with Crippen LogP contribution in [0.15, 0.2) is 47.0 Å². The average Bonchev–Trinajstić information content (AvgIpc) is 2.72. The molecule has 28 heavy (non-hydrogen) atoms. The molecule has 0 radical (unpaired) electrons. The molecule has 1 saturated heterocycles. The number of piperidine rings is 1. The van der Waals surface area contributed by atoms with Crippen LogP contribution in [0.5, 0.6) is 0 Å². The van der Waals surface area contributed by atoms with Crippen LogP contribution in [-0.4, -0.2) is 48.6 Å². The van der Waals surface area contributed by atoms with Gasteiger partial charge >= 0.3 is 0 Å². The van der Waals surface area contributed by atoms with Crippen molar-refractivity contribution < 1.29 is 9.59 Å². The van der Waals surface area contributed by atoms with Crippen LogP contribution in [-0.2, 0) is 4.79 Å². The molecular formula is C21H28ClN3O2S. The third-order valence-electron chi connectivity index (χ3n) is 4.54. The van der Waals surface area contributed by atoms with Crippen LogP contribution in [0, 0.1) is 0 Å². The summed E-state index contributed by atoms with van der Waals surface area (Å²) in [4.78, 5) is 28.8. The van der Waals surface area contributed by atoms with Gasteiger partial charge in [-0.1, -0.05) is 23.8 Å². The Morgan fingerprint density at radius 3 is 2.68 bits per heavy atom. The fourth-order valence-corrected chi connectivity index (χ4v) is 3.78. The summed E-state index contributed by atoms with van der Waals surface area (Å²) in [6.45, 7) is 5.05. The monoisotopic (exact) mass is 421 g/mol. The Hall–Kier alpha value is -1.92. The lowest BCUT2D eigenvalue weighted by Gasteiger charge is -2.33. The molecule has 1 unspecified atom stereocenters. The minimum absolute atomic E-state index is 0.00511. The summed E-state index contributed by atoms with van der Waals surface area (Å²) in [7, 11) is 1.97. The van der Waals surface area contributed by atoms with Gasteiger partial charge in [0.1, 0.15) is 0 Å². The van der Waals surface area contributed by atoms with E-state index >= 15 is 0 Å². The van der Waals surface area contributed by atoms with Crippen LogP contribution in [0.25, 0.3) is 0 Å². The number of halogens is 1. The van der Waals surface area contributed by atoms with E-state index in [1.807, 2.05) is 67.2 Å². The molecule has 1 aliphatic rings. The number of anilines is 1. The number of benzene rings is 1. The number of nitrogens with zero attached hydrogens (tertiary/aromatic N) is 2. The van der Waals surface area contributed by atoms with Crippen molar-refractivity contribution in [1.29, 1.82) is 0 Å². The van der Waals surface area contributed by atoms with Crippen molar-refractivity contribution >= 4 is 40.9 Å². The Bertz CT molecular complexity index is 734. The molecule has 0 bridgehead atoms. The minimum Gasteiger partial charge on any atom is -0.351 e. The number of amides is 2. The van der Waals surface area contributed by atoms with E-state index in [-0.39, 0.29) is 23.6 Å². The maximum Gasteiger partial charge on any atom is 0.253 e. The number of allylic oxidation sites excluding steroid dienone is 2. The maximum atomic E-state index is 12.8. The number of carbonyl (C=O) groups is 2. The molecule has 0 spiro atoms. The molecule has 1 aromatic rings. The first-order valence-electron chi connectivity index (χ1n) is 9.43. The van der Waals surface area contributed by atoms with Gasteiger partial charge in [0, 0.05) is 37.4 Å². The number of nitrogens with one attached hydrogen (secondary N) is 1. The van der Waals surface area contributed by atoms with Crippen LogP contribution in [0.4, 0.5) is 5.69 Å². The van der Waals surface area contributed by atoms with Crippen molar-refractivity contribution in [3.8, 4) is 0 Å². The highest BCUT2D eigenvalue weighted by atomic mass is 35.5. The van der Waals surface area contributed by atoms with E-state index in [1.165, 1.54) is 11.8 Å². The Kier molecular flexibility index (Phi) is 8.93. The summed E-state index contributed by atoms with van der Waals surface area (Å²) in [6.07, 6.45) is 7.46. The lowest BCUT2D eigenvalue weighted by atomic mass is 10.0. The molecule has 2 rings (SSSR count). The van der Waals surface area contributed by atoms with Crippen molar-refractivity contribution in [2.45, 2.75) is 32.7 Å². The number of thioether (sulfide) groups is 1. The Morgan fingerprint density at radius 2 is 2.04 bits per heavy atom. The van der Waals surface area contributed by atoms with Gasteiger partial charge in [0.25, 0.3) is 5.91 Å². The predicted molar refractivity (Wildman–Crippen MR) is 119 cm³/mol. The van der Waals surface area contributed by atoms with Gasteiger partial charge in [-0.2, -0.15) is 0 Å². The third-order valence-corrected chi connectivity index (χ3v) is 6.00. The van der Waals surface area contributed by atoms with Crippen LogP contribution in [0.3, 0.4) is 0 Å². The smallest absolute Gasteiger partial charge is 0.253 e. The molecule has 1 N–H and O–H groups in total. The molecule has 1 atom stereocenters. The Labute approximate surface area is 176 Å². The molecule has 1 aromatic carbocycles. The SMILES string of the molecule is C/C=C\N(C)c1ccc(C(=O)N2CCCC(NC(=O)CS/C(Cl)=C\C)C2)cc1. The maximum absolute atomic E-state index is 12.8. The van der Waals surface area contributed by atoms with Gasteiger partial charge in [-0.25, -0.2) is 0 Å². The summed E-state index contributed by atoms with van der Waals surface area (Å²) in [5, 5.41) is 3.02. The van der Waals surface area contributed by atoms with E-state index < -0.39 is 0 Å². The minimum atomic E-state index is -0.0549. The molecule has 152 valence electrons. The van der Waals surface area contributed by atoms with E-state index in [0.29, 0.717) is 23.0 Å². The van der Waals surface area contributed by atoms with Crippen LogP contribution >= 0.6 is 23.4 Å². The van der Waals surface area contributed by atoms with Crippen LogP contribution < -0.4 is 10.2 Å². The standard InChI is InChI=1S/C21H28ClN3O2S/c1-4-12-24(3)18-10-8-16(9-11-18)21(27)25-13-6-7-17(14-25)23-20(26)15-28-19(22)5-2/h4-5,8-12,17H,6-7,13-15H2,1-3H3,(H,23,26)/b12-4-,19-5-. The first kappa shape index (κ1) is 22.4. The highest BCUT2D eigenvalue weighted by molar-refractivity contribution is 8.05. The Balaban J connectivity index is 1.92. The second-order valence-corrected chi connectivity index (χ2v) is 8.33. The number of rotatable bonds is 7. The molecule has 1 aliphatic heterocycles. The zero-order chi connectivity index (χ0) is 20.5. The number of likely N-dealkylation sites (tertiary alicyclic amines) is 1. The molecule has 0 aromatic heterocycles. The molecular weight excluding hydrogens is 394 g/mol. The summed E-state index contributed by atoms with van der Waals surface area (Å²) in [6, 6.07) is 7.58. The van der Waals surface area contributed by atoms with Crippen LogP contribution in [0.1, 0.15) is 37.0 Å². The van der Waals surface area contributed by atoms with Gasteiger partial charge in [0.2, 0.25) is 5.91 Å². The van der Waals surface area contributed by atoms with E-state index in [0.717, 1.165) is 18.5 Å². The summed E-state index contributed by atoms with van der Waals surface area (Å²) in [5.74, 6) is 0.237. The number of hydrogen-bond donors (Lipinski definition) is 1. The van der Waals surface area contributed by atoms with Crippen molar-refractivity contribution in [3.63, 3.8) is 0 Å². The molecule has 0 saturated carbocycles. The summed E-state index contributed by atoms with van der Waals surface area (Å²) >= 11 is 7.23. The molecule has 1 heterocycles. The first-order valence-corrected chi connectivity index (χ1v) is 10.8. The van der Waals surface area contributed by atoms with Crippen molar-refractivity contribution in [1.82, 2.24) is 10.2 Å². The quantitative estimate of drug-likeness (QED) is 0.716. The van der Waals surface area contributed by atoms with E-state index in [2.05, 4.69) is 5.32 Å². The third kappa shape index (κ3) is 6.60. The topological polar surface area (TPSA) is 52.7 Å². The van der Waals surface area contributed by atoms with E-state index in [4.69, 9.17) is 11.6 Å². The molecule has 5 nitrogen and oxygen atoms in total. The largest absolute Gasteiger partial charge is 0.351 e. The zero-order valence-electron chi connectivity index (χ0n) is 16.7. The molecule has 2 amide bonds. The Morgan fingerprint density at radius 1 is 1.32 bits per heavy atom. The van der Waals surface area contributed by atoms with Crippen molar-refractivity contribution in [3.05, 3.63) is 52.5 Å². The molecule has 0 aliphatic carbocycles. The second-order valence-electron chi connectivity index (χ2n) is 6.68. The van der Waals surface area contributed by atoms with Crippen LogP contribution in [0.2, 0.25) is 0 Å². The second kappa shape index (κ2) is 11.2. The summed E-state index contributed by atoms with van der Waals surface area (Å²) < 4.78 is 0.610. The van der Waals surface area contributed by atoms with Gasteiger partial charge < -0.3 is 15.1 Å². The fourth-order valence-electron chi connectivity index (χ4n) is 3.10. The van der Waals surface area contributed by atoms with Gasteiger partial charge in [-0.05, 0) is 57.2 Å². The highest BCUT2D eigenvalue weighted by Gasteiger charge is 2.25.